The summed E-state index contributed by atoms with van der Waals surface area (Å²) in [5.41, 5.74) is 1.34. The fourth-order valence-corrected chi connectivity index (χ4v) is 2.78. The van der Waals surface area contributed by atoms with Crippen molar-refractivity contribution >= 4 is 0 Å². The van der Waals surface area contributed by atoms with Gasteiger partial charge >= 0.3 is 0 Å². The molecular weight excluding hydrogens is 184 g/mol. The molecule has 15 heavy (non-hydrogen) atoms. The third-order valence-corrected chi connectivity index (χ3v) is 3.76. The van der Waals surface area contributed by atoms with Crippen molar-refractivity contribution in [1.82, 2.24) is 10.6 Å². The molecule has 0 saturated heterocycles. The summed E-state index contributed by atoms with van der Waals surface area (Å²) in [7, 11) is 3.99. The number of hydrogen-bond acceptors (Lipinski definition) is 2. The molecule has 0 aliphatic heterocycles. The second-order valence-electron chi connectivity index (χ2n) is 4.96. The quantitative estimate of drug-likeness (QED) is 0.745. The maximum absolute atomic E-state index is 3.31. The van der Waals surface area contributed by atoms with E-state index in [2.05, 4.69) is 30.7 Å². The van der Waals surface area contributed by atoms with Crippen molar-refractivity contribution < 1.29 is 0 Å². The highest BCUT2D eigenvalue weighted by molar-refractivity contribution is 5.03. The van der Waals surface area contributed by atoms with Crippen LogP contribution in [0.1, 0.15) is 39.5 Å². The van der Waals surface area contributed by atoms with E-state index in [0.29, 0.717) is 5.92 Å². The van der Waals surface area contributed by atoms with E-state index in [-0.39, 0.29) is 0 Å². The first-order valence-electron chi connectivity index (χ1n) is 6.24. The molecule has 3 atom stereocenters. The summed E-state index contributed by atoms with van der Waals surface area (Å²) in [6, 6.07) is 0. The smallest absolute Gasteiger partial charge is 0.0295 e. The zero-order chi connectivity index (χ0) is 11.3. The largest absolute Gasteiger partial charge is 0.393 e. The van der Waals surface area contributed by atoms with E-state index < -0.39 is 0 Å². The zero-order valence-corrected chi connectivity index (χ0v) is 10.6. The fraction of sp³-hybridized carbons (Fsp3) is 0.846. The SMILES string of the molecule is CN/C=C(\NC)C(C)C1CCCC(C)C1. The van der Waals surface area contributed by atoms with Gasteiger partial charge in [-0.05, 0) is 24.7 Å². The number of rotatable bonds is 4. The van der Waals surface area contributed by atoms with E-state index in [1.54, 1.807) is 0 Å². The first-order valence-corrected chi connectivity index (χ1v) is 6.24. The second-order valence-corrected chi connectivity index (χ2v) is 4.96. The van der Waals surface area contributed by atoms with Crippen LogP contribution in [0.4, 0.5) is 0 Å². The minimum absolute atomic E-state index is 0.658. The second kappa shape index (κ2) is 6.04. The number of nitrogens with one attached hydrogen (secondary N) is 2. The van der Waals surface area contributed by atoms with Crippen LogP contribution in [0.15, 0.2) is 11.9 Å². The first-order chi connectivity index (χ1) is 7.19. The van der Waals surface area contributed by atoms with E-state index in [9.17, 15) is 0 Å². The van der Waals surface area contributed by atoms with E-state index in [1.807, 2.05) is 14.1 Å². The molecule has 0 amide bonds. The van der Waals surface area contributed by atoms with E-state index in [1.165, 1.54) is 31.4 Å². The number of allylic oxidation sites excluding steroid dienone is 1. The van der Waals surface area contributed by atoms with E-state index in [4.69, 9.17) is 0 Å². The van der Waals surface area contributed by atoms with Gasteiger partial charge in [-0.3, -0.25) is 0 Å². The third kappa shape index (κ3) is 3.44. The molecule has 0 bridgehead atoms. The minimum Gasteiger partial charge on any atom is -0.393 e. The average Bonchev–Trinajstić information content (AvgIpc) is 2.25. The molecule has 2 nitrogen and oxygen atoms in total. The summed E-state index contributed by atoms with van der Waals surface area (Å²) in [5, 5.41) is 6.44. The highest BCUT2D eigenvalue weighted by atomic mass is 14.9. The molecule has 1 saturated carbocycles. The minimum atomic E-state index is 0.658. The Labute approximate surface area is 94.5 Å². The van der Waals surface area contributed by atoms with Crippen LogP contribution in [0.5, 0.6) is 0 Å². The van der Waals surface area contributed by atoms with Gasteiger partial charge in [-0.15, -0.1) is 0 Å². The van der Waals surface area contributed by atoms with Gasteiger partial charge in [0.25, 0.3) is 0 Å². The van der Waals surface area contributed by atoms with Crippen molar-refractivity contribution in [3.8, 4) is 0 Å². The molecule has 2 N–H and O–H groups in total. The van der Waals surface area contributed by atoms with E-state index >= 15 is 0 Å². The predicted molar refractivity (Wildman–Crippen MR) is 66.5 cm³/mol. The van der Waals surface area contributed by atoms with Gasteiger partial charge in [0.1, 0.15) is 0 Å². The van der Waals surface area contributed by atoms with E-state index in [0.717, 1.165) is 11.8 Å². The lowest BCUT2D eigenvalue weighted by Gasteiger charge is -2.32. The lowest BCUT2D eigenvalue weighted by atomic mass is 9.75. The van der Waals surface area contributed by atoms with Crippen LogP contribution < -0.4 is 10.6 Å². The van der Waals surface area contributed by atoms with Crippen LogP contribution in [-0.4, -0.2) is 14.1 Å². The van der Waals surface area contributed by atoms with Gasteiger partial charge in [0, 0.05) is 31.9 Å². The van der Waals surface area contributed by atoms with Crippen LogP contribution in [0.3, 0.4) is 0 Å². The molecule has 0 radical (unpaired) electrons. The summed E-state index contributed by atoms with van der Waals surface area (Å²) in [6.07, 6.45) is 7.72. The molecule has 0 aromatic heterocycles. The third-order valence-electron chi connectivity index (χ3n) is 3.76. The Morgan fingerprint density at radius 1 is 1.33 bits per heavy atom. The number of hydrogen-bond donors (Lipinski definition) is 2. The molecule has 0 aromatic rings. The summed E-state index contributed by atoms with van der Waals surface area (Å²) in [6.45, 7) is 4.74. The van der Waals surface area contributed by atoms with Crippen LogP contribution in [-0.2, 0) is 0 Å². The molecule has 88 valence electrons. The van der Waals surface area contributed by atoms with Crippen LogP contribution in [0.25, 0.3) is 0 Å². The first kappa shape index (κ1) is 12.4. The van der Waals surface area contributed by atoms with Crippen molar-refractivity contribution in [3.05, 3.63) is 11.9 Å². The van der Waals surface area contributed by atoms with Gasteiger partial charge in [0.2, 0.25) is 0 Å². The van der Waals surface area contributed by atoms with Crippen molar-refractivity contribution in [2.45, 2.75) is 39.5 Å². The molecule has 0 aromatic carbocycles. The molecule has 1 fully saturated rings. The average molecular weight is 210 g/mol. The summed E-state index contributed by atoms with van der Waals surface area (Å²) >= 11 is 0. The Morgan fingerprint density at radius 3 is 2.60 bits per heavy atom. The highest BCUT2D eigenvalue weighted by Gasteiger charge is 2.25. The lowest BCUT2D eigenvalue weighted by molar-refractivity contribution is 0.230. The molecule has 0 spiro atoms. The molecule has 0 heterocycles. The predicted octanol–water partition coefficient (Wildman–Crippen LogP) is 2.73. The van der Waals surface area contributed by atoms with Gasteiger partial charge in [0.05, 0.1) is 0 Å². The standard InChI is InChI=1S/C13H26N2/c1-10-6-5-7-12(8-10)11(2)13(15-4)9-14-3/h9-12,14-15H,5-8H2,1-4H3/b13-9-. The molecule has 3 unspecified atom stereocenters. The van der Waals surface area contributed by atoms with Gasteiger partial charge in [-0.25, -0.2) is 0 Å². The van der Waals surface area contributed by atoms with Crippen molar-refractivity contribution in [3.63, 3.8) is 0 Å². The van der Waals surface area contributed by atoms with Gasteiger partial charge in [-0.1, -0.05) is 26.7 Å². The van der Waals surface area contributed by atoms with Crippen molar-refractivity contribution in [2.75, 3.05) is 14.1 Å². The monoisotopic (exact) mass is 210 g/mol. The summed E-state index contributed by atoms with van der Waals surface area (Å²) in [4.78, 5) is 0. The molecular formula is C13H26N2. The Bertz CT molecular complexity index is 211. The van der Waals surface area contributed by atoms with Crippen molar-refractivity contribution in [1.29, 1.82) is 0 Å². The Hall–Kier alpha value is -0.660. The topological polar surface area (TPSA) is 24.1 Å². The van der Waals surface area contributed by atoms with Crippen LogP contribution in [0, 0.1) is 17.8 Å². The Kier molecular flexibility index (Phi) is 5.00. The van der Waals surface area contributed by atoms with Gasteiger partial charge < -0.3 is 10.6 Å². The molecule has 1 aliphatic carbocycles. The van der Waals surface area contributed by atoms with Crippen molar-refractivity contribution in [2.24, 2.45) is 17.8 Å². The van der Waals surface area contributed by atoms with Gasteiger partial charge in [0.15, 0.2) is 0 Å². The summed E-state index contributed by atoms with van der Waals surface area (Å²) in [5.74, 6) is 2.44. The maximum Gasteiger partial charge on any atom is 0.0295 e. The van der Waals surface area contributed by atoms with Crippen LogP contribution in [0.2, 0.25) is 0 Å². The molecule has 2 heteroatoms. The normalized spacial score (nSPS) is 29.7. The van der Waals surface area contributed by atoms with Gasteiger partial charge in [-0.2, -0.15) is 0 Å². The molecule has 1 rings (SSSR count). The Balaban J connectivity index is 2.57. The molecule has 1 aliphatic rings. The highest BCUT2D eigenvalue weighted by Crippen LogP contribution is 2.35. The fourth-order valence-electron chi connectivity index (χ4n) is 2.78. The summed E-state index contributed by atoms with van der Waals surface area (Å²) < 4.78 is 0. The maximum atomic E-state index is 3.31. The zero-order valence-electron chi connectivity index (χ0n) is 10.6. The van der Waals surface area contributed by atoms with Crippen LogP contribution >= 0.6 is 0 Å². The lowest BCUT2D eigenvalue weighted by Crippen LogP contribution is -2.26. The Morgan fingerprint density at radius 2 is 2.07 bits per heavy atom.